The molecule has 0 fully saturated rings. The third-order valence-electron chi connectivity index (χ3n) is 0.980. The second-order valence-corrected chi connectivity index (χ2v) is 3.41. The average molecular weight is 210 g/mol. The van der Waals surface area contributed by atoms with Gasteiger partial charge in [0.15, 0.2) is 0 Å². The molecule has 0 spiro atoms. The molecule has 1 aromatic heterocycles. The van der Waals surface area contributed by atoms with Crippen molar-refractivity contribution in [3.63, 3.8) is 0 Å². The Kier molecular flexibility index (Phi) is 2.70. The summed E-state index contributed by atoms with van der Waals surface area (Å²) < 4.78 is 17.4. The van der Waals surface area contributed by atoms with Crippen LogP contribution in [0.15, 0.2) is 17.0 Å². The molecule has 60 valence electrons. The van der Waals surface area contributed by atoms with Crippen molar-refractivity contribution in [3.8, 4) is 0 Å². The molecule has 3 nitrogen and oxygen atoms in total. The van der Waals surface area contributed by atoms with Crippen molar-refractivity contribution in [2.24, 2.45) is 0 Å². The first-order chi connectivity index (χ1) is 5.11. The first-order valence-corrected chi connectivity index (χ1v) is 4.47. The highest BCUT2D eigenvalue weighted by Gasteiger charge is 1.94. The summed E-state index contributed by atoms with van der Waals surface area (Å²) >= 11 is 11.0. The fraction of sp³-hybridized carbons (Fsp3) is 0. The van der Waals surface area contributed by atoms with Crippen molar-refractivity contribution in [3.05, 3.63) is 22.4 Å². The Balaban J connectivity index is 3.31. The van der Waals surface area contributed by atoms with Gasteiger partial charge in [-0.15, -0.1) is 0 Å². The molecule has 0 atom stereocenters. The third-order valence-corrected chi connectivity index (χ3v) is 2.32. The molecule has 0 saturated heterocycles. The van der Waals surface area contributed by atoms with Gasteiger partial charge in [0.1, 0.15) is 10.3 Å². The van der Waals surface area contributed by atoms with Crippen LogP contribution in [-0.2, 0) is 14.8 Å². The largest absolute Gasteiger partial charge is 0.440 e. The molecule has 0 radical (unpaired) electrons. The van der Waals surface area contributed by atoms with Gasteiger partial charge in [-0.3, -0.25) is 0 Å². The summed E-state index contributed by atoms with van der Waals surface area (Å²) in [5.41, 5.74) is 0. The molecular formula is C5H3Cl2N2OS-. The maximum atomic E-state index is 10.6. The molecule has 1 aromatic rings. The van der Waals surface area contributed by atoms with Crippen molar-refractivity contribution in [1.29, 1.82) is 4.78 Å². The Bertz CT molecular complexity index is 342. The summed E-state index contributed by atoms with van der Waals surface area (Å²) in [6, 6.07) is 2.86. The molecule has 11 heavy (non-hydrogen) atoms. The van der Waals surface area contributed by atoms with Crippen LogP contribution in [-0.4, -0.2) is 4.98 Å². The van der Waals surface area contributed by atoms with E-state index in [-0.39, 0.29) is 15.2 Å². The van der Waals surface area contributed by atoms with Gasteiger partial charge in [-0.1, -0.05) is 34.2 Å². The molecule has 0 aliphatic carbocycles. The minimum atomic E-state index is -1.85. The summed E-state index contributed by atoms with van der Waals surface area (Å²) in [4.78, 5) is 3.79. The summed E-state index contributed by atoms with van der Waals surface area (Å²) in [5, 5.41) is 0.245. The van der Waals surface area contributed by atoms with Crippen LogP contribution in [0.25, 0.3) is 0 Å². The van der Waals surface area contributed by atoms with E-state index in [1.165, 1.54) is 12.1 Å². The van der Waals surface area contributed by atoms with Crippen molar-refractivity contribution in [1.82, 2.24) is 4.98 Å². The minimum absolute atomic E-state index is 0.0193. The number of nitrogens with zero attached hydrogens (tertiary/aromatic N) is 1. The van der Waals surface area contributed by atoms with E-state index in [2.05, 4.69) is 4.98 Å². The van der Waals surface area contributed by atoms with E-state index in [1.54, 1.807) is 0 Å². The Hall–Kier alpha value is -0.320. The van der Waals surface area contributed by atoms with Gasteiger partial charge in [0.25, 0.3) is 0 Å². The number of hydrogen-bond donors (Lipinski definition) is 1. The molecule has 1 rings (SSSR count). The Morgan fingerprint density at radius 2 is 2.09 bits per heavy atom. The number of pyridine rings is 1. The molecule has 0 aliphatic heterocycles. The van der Waals surface area contributed by atoms with Gasteiger partial charge in [-0.25, -0.2) is 4.98 Å². The molecule has 6 heteroatoms. The van der Waals surface area contributed by atoms with Crippen molar-refractivity contribution in [2.75, 3.05) is 0 Å². The SMILES string of the molecule is N=[S-](=O)c1ccc(Cl)nc1Cl. The normalized spacial score (nSPS) is 10.5. The highest BCUT2D eigenvalue weighted by atomic mass is 35.5. The van der Waals surface area contributed by atoms with Gasteiger partial charge in [0.05, 0.1) is 0 Å². The maximum Gasteiger partial charge on any atom is 0.130 e. The lowest BCUT2D eigenvalue weighted by molar-refractivity contribution is 0.599. The molecule has 0 aromatic carbocycles. The van der Waals surface area contributed by atoms with E-state index in [9.17, 15) is 4.21 Å². The van der Waals surface area contributed by atoms with Gasteiger partial charge in [0.2, 0.25) is 0 Å². The van der Waals surface area contributed by atoms with Crippen LogP contribution in [0.2, 0.25) is 10.3 Å². The predicted octanol–water partition coefficient (Wildman–Crippen LogP) is 2.47. The van der Waals surface area contributed by atoms with E-state index in [0.29, 0.717) is 0 Å². The zero-order valence-corrected chi connectivity index (χ0v) is 7.50. The summed E-state index contributed by atoms with van der Waals surface area (Å²) in [6.07, 6.45) is 0. The van der Waals surface area contributed by atoms with Gasteiger partial charge >= 0.3 is 0 Å². The van der Waals surface area contributed by atoms with Crippen LogP contribution in [0.5, 0.6) is 0 Å². The highest BCUT2D eigenvalue weighted by molar-refractivity contribution is 7.73. The minimum Gasteiger partial charge on any atom is -0.440 e. The molecule has 0 saturated carbocycles. The van der Waals surface area contributed by atoms with Gasteiger partial charge in [-0.05, 0) is 6.07 Å². The van der Waals surface area contributed by atoms with E-state index >= 15 is 0 Å². The lowest BCUT2D eigenvalue weighted by atomic mass is 10.5. The molecular weight excluding hydrogens is 207 g/mol. The molecule has 1 heterocycles. The van der Waals surface area contributed by atoms with Gasteiger partial charge in [-0.2, -0.15) is 10.6 Å². The van der Waals surface area contributed by atoms with Crippen LogP contribution >= 0.6 is 23.2 Å². The van der Waals surface area contributed by atoms with E-state index in [0.717, 1.165) is 0 Å². The monoisotopic (exact) mass is 209 g/mol. The van der Waals surface area contributed by atoms with Crippen molar-refractivity contribution >= 4 is 33.8 Å². The molecule has 1 N–H and O–H groups in total. The summed E-state index contributed by atoms with van der Waals surface area (Å²) in [6.45, 7) is 0. The molecule has 0 bridgehead atoms. The number of halogens is 2. The Labute approximate surface area is 75.4 Å². The van der Waals surface area contributed by atoms with E-state index < -0.39 is 10.6 Å². The number of rotatable bonds is 1. The fourth-order valence-corrected chi connectivity index (χ4v) is 1.48. The summed E-state index contributed by atoms with van der Waals surface area (Å²) in [5.74, 6) is 0. The van der Waals surface area contributed by atoms with Crippen LogP contribution in [0, 0.1) is 4.78 Å². The topological polar surface area (TPSA) is 53.8 Å². The van der Waals surface area contributed by atoms with Crippen LogP contribution in [0.3, 0.4) is 0 Å². The lowest BCUT2D eigenvalue weighted by Crippen LogP contribution is -1.83. The van der Waals surface area contributed by atoms with Crippen LogP contribution in [0.4, 0.5) is 0 Å². The Morgan fingerprint density at radius 1 is 1.45 bits per heavy atom. The van der Waals surface area contributed by atoms with E-state index in [4.69, 9.17) is 28.0 Å². The fourth-order valence-electron chi connectivity index (χ4n) is 0.538. The second kappa shape index (κ2) is 3.38. The zero-order valence-electron chi connectivity index (χ0n) is 5.17. The van der Waals surface area contributed by atoms with Gasteiger partial charge < -0.3 is 8.99 Å². The molecule has 0 unspecified atom stereocenters. The number of aromatic nitrogens is 1. The lowest BCUT2D eigenvalue weighted by Gasteiger charge is -2.02. The number of hydrogen-bond acceptors (Lipinski definition) is 4. The third kappa shape index (κ3) is 2.05. The van der Waals surface area contributed by atoms with Gasteiger partial charge in [0, 0.05) is 0 Å². The first kappa shape index (κ1) is 8.77. The number of nitrogens with one attached hydrogen (secondary N) is 1. The zero-order chi connectivity index (χ0) is 8.43. The van der Waals surface area contributed by atoms with E-state index in [1.807, 2.05) is 0 Å². The first-order valence-electron chi connectivity index (χ1n) is 2.56. The van der Waals surface area contributed by atoms with Crippen LogP contribution < -0.4 is 0 Å². The quantitative estimate of drug-likeness (QED) is 0.571. The predicted molar refractivity (Wildman–Crippen MR) is 43.3 cm³/mol. The highest BCUT2D eigenvalue weighted by Crippen LogP contribution is 2.17. The maximum absolute atomic E-state index is 10.6. The van der Waals surface area contributed by atoms with Crippen LogP contribution in [0.1, 0.15) is 0 Å². The van der Waals surface area contributed by atoms with Crippen molar-refractivity contribution < 1.29 is 4.21 Å². The summed E-state index contributed by atoms with van der Waals surface area (Å²) in [7, 11) is -1.85. The Morgan fingerprint density at radius 3 is 2.55 bits per heavy atom. The molecule has 0 aliphatic rings. The van der Waals surface area contributed by atoms with Crippen molar-refractivity contribution in [2.45, 2.75) is 4.90 Å². The smallest absolute Gasteiger partial charge is 0.130 e. The average Bonchev–Trinajstić information content (AvgIpc) is 1.85. The molecule has 0 amide bonds. The second-order valence-electron chi connectivity index (χ2n) is 1.69. The standard InChI is InChI=1S/C5H3Cl2N2OS/c6-4-2-1-3(11(8)10)5(7)9-4/h1-2,8H/q-1.